The van der Waals surface area contributed by atoms with Gasteiger partial charge in [-0.05, 0) is 17.7 Å². The molecule has 1 aromatic carbocycles. The molecular formula is C12H13ClF2N2O. The standard InChI is InChI=1S/C12H13ClF2N2O/c13-11-5-9(6-16)1-2-10(11)7-17(3-4-18)8-12(14)15/h1-2,5,12,18H,3-4,7-8H2. The first-order chi connectivity index (χ1) is 8.56. The van der Waals surface area contributed by atoms with Crippen molar-refractivity contribution in [3.8, 4) is 6.07 Å². The summed E-state index contributed by atoms with van der Waals surface area (Å²) in [6, 6.07) is 6.66. The molecule has 0 radical (unpaired) electrons. The molecule has 1 rings (SSSR count). The van der Waals surface area contributed by atoms with Crippen LogP contribution < -0.4 is 0 Å². The Morgan fingerprint density at radius 2 is 2.17 bits per heavy atom. The molecule has 98 valence electrons. The van der Waals surface area contributed by atoms with E-state index in [4.69, 9.17) is 22.0 Å². The molecule has 1 N–H and O–H groups in total. The number of nitrogens with zero attached hydrogens (tertiary/aromatic N) is 2. The number of halogens is 3. The van der Waals surface area contributed by atoms with Gasteiger partial charge in [0.1, 0.15) is 0 Å². The van der Waals surface area contributed by atoms with Crippen molar-refractivity contribution in [2.24, 2.45) is 0 Å². The fourth-order valence-corrected chi connectivity index (χ4v) is 1.80. The van der Waals surface area contributed by atoms with E-state index in [0.717, 1.165) is 0 Å². The molecule has 0 aromatic heterocycles. The summed E-state index contributed by atoms with van der Waals surface area (Å²) >= 11 is 5.96. The highest BCUT2D eigenvalue weighted by Gasteiger charge is 2.13. The molecule has 0 spiro atoms. The second kappa shape index (κ2) is 7.27. The lowest BCUT2D eigenvalue weighted by molar-refractivity contribution is 0.0746. The maximum absolute atomic E-state index is 12.3. The largest absolute Gasteiger partial charge is 0.395 e. The van der Waals surface area contributed by atoms with Crippen molar-refractivity contribution in [2.45, 2.75) is 13.0 Å². The molecule has 6 heteroatoms. The van der Waals surface area contributed by atoms with Gasteiger partial charge in [-0.2, -0.15) is 5.26 Å². The van der Waals surface area contributed by atoms with E-state index in [1.807, 2.05) is 6.07 Å². The molecule has 0 aliphatic heterocycles. The Bertz CT molecular complexity index is 435. The molecule has 0 heterocycles. The molecule has 1 aromatic rings. The molecule has 3 nitrogen and oxygen atoms in total. The van der Waals surface area contributed by atoms with Gasteiger partial charge in [-0.1, -0.05) is 17.7 Å². The van der Waals surface area contributed by atoms with Gasteiger partial charge in [0.25, 0.3) is 6.43 Å². The van der Waals surface area contributed by atoms with E-state index in [9.17, 15) is 8.78 Å². The maximum atomic E-state index is 12.3. The number of hydrogen-bond acceptors (Lipinski definition) is 3. The van der Waals surface area contributed by atoms with Crippen molar-refractivity contribution >= 4 is 11.6 Å². The van der Waals surface area contributed by atoms with Crippen LogP contribution in [0.4, 0.5) is 8.78 Å². The van der Waals surface area contributed by atoms with Crippen LogP contribution in [0.25, 0.3) is 0 Å². The molecule has 0 fully saturated rings. The van der Waals surface area contributed by atoms with Crippen molar-refractivity contribution in [1.29, 1.82) is 5.26 Å². The van der Waals surface area contributed by atoms with Gasteiger partial charge in [0, 0.05) is 18.1 Å². The van der Waals surface area contributed by atoms with Crippen LogP contribution in [0.5, 0.6) is 0 Å². The average Bonchev–Trinajstić information content (AvgIpc) is 2.31. The highest BCUT2D eigenvalue weighted by Crippen LogP contribution is 2.19. The Labute approximate surface area is 109 Å². The SMILES string of the molecule is N#Cc1ccc(CN(CCO)CC(F)F)c(Cl)c1. The number of alkyl halides is 2. The first-order valence-electron chi connectivity index (χ1n) is 5.36. The number of nitriles is 1. The summed E-state index contributed by atoms with van der Waals surface area (Å²) in [7, 11) is 0. The highest BCUT2D eigenvalue weighted by molar-refractivity contribution is 6.31. The van der Waals surface area contributed by atoms with E-state index < -0.39 is 13.0 Å². The molecule has 0 atom stereocenters. The van der Waals surface area contributed by atoms with Crippen molar-refractivity contribution in [2.75, 3.05) is 19.7 Å². The predicted octanol–water partition coefficient (Wildman–Crippen LogP) is 2.27. The van der Waals surface area contributed by atoms with Crippen LogP contribution in [0, 0.1) is 11.3 Å². The van der Waals surface area contributed by atoms with Gasteiger partial charge in [-0.15, -0.1) is 0 Å². The zero-order valence-electron chi connectivity index (χ0n) is 9.61. The van der Waals surface area contributed by atoms with Gasteiger partial charge in [-0.3, -0.25) is 4.90 Å². The van der Waals surface area contributed by atoms with Crippen molar-refractivity contribution < 1.29 is 13.9 Å². The molecule has 0 saturated carbocycles. The average molecular weight is 275 g/mol. The van der Waals surface area contributed by atoms with E-state index in [2.05, 4.69) is 0 Å². The van der Waals surface area contributed by atoms with Gasteiger partial charge in [0.05, 0.1) is 24.8 Å². The van der Waals surface area contributed by atoms with E-state index in [-0.39, 0.29) is 19.7 Å². The third-order valence-corrected chi connectivity index (χ3v) is 2.74. The normalized spacial score (nSPS) is 10.9. The van der Waals surface area contributed by atoms with Crippen molar-refractivity contribution in [3.63, 3.8) is 0 Å². The predicted molar refractivity (Wildman–Crippen MR) is 64.5 cm³/mol. The van der Waals surface area contributed by atoms with E-state index in [1.165, 1.54) is 11.0 Å². The summed E-state index contributed by atoms with van der Waals surface area (Å²) in [6.45, 7) is -0.242. The molecule has 0 amide bonds. The topological polar surface area (TPSA) is 47.3 Å². The van der Waals surface area contributed by atoms with Crippen molar-refractivity contribution in [1.82, 2.24) is 4.90 Å². The van der Waals surface area contributed by atoms with Gasteiger partial charge in [0.2, 0.25) is 0 Å². The number of benzene rings is 1. The summed E-state index contributed by atoms with van der Waals surface area (Å²) in [5, 5.41) is 17.9. The van der Waals surface area contributed by atoms with E-state index >= 15 is 0 Å². The number of aliphatic hydroxyl groups excluding tert-OH is 1. The van der Waals surface area contributed by atoms with Crippen LogP contribution >= 0.6 is 11.6 Å². The zero-order chi connectivity index (χ0) is 13.5. The summed E-state index contributed by atoms with van der Waals surface area (Å²) in [5.41, 5.74) is 1.08. The van der Waals surface area contributed by atoms with E-state index in [0.29, 0.717) is 16.1 Å². The molecule has 0 bridgehead atoms. The van der Waals surface area contributed by atoms with Crippen LogP contribution in [-0.4, -0.2) is 36.1 Å². The van der Waals surface area contributed by atoms with Gasteiger partial charge in [0.15, 0.2) is 0 Å². The lowest BCUT2D eigenvalue weighted by atomic mass is 10.1. The molecule has 18 heavy (non-hydrogen) atoms. The Hall–Kier alpha value is -1.22. The Balaban J connectivity index is 2.77. The van der Waals surface area contributed by atoms with Gasteiger partial charge < -0.3 is 5.11 Å². The van der Waals surface area contributed by atoms with Crippen molar-refractivity contribution in [3.05, 3.63) is 34.3 Å². The Kier molecular flexibility index (Phi) is 5.99. The minimum absolute atomic E-state index is 0.153. The summed E-state index contributed by atoms with van der Waals surface area (Å²) in [4.78, 5) is 1.41. The first-order valence-corrected chi connectivity index (χ1v) is 5.74. The smallest absolute Gasteiger partial charge is 0.251 e. The van der Waals surface area contributed by atoms with Crippen LogP contribution in [0.3, 0.4) is 0 Å². The molecular weight excluding hydrogens is 262 g/mol. The first kappa shape index (κ1) is 14.8. The van der Waals surface area contributed by atoms with E-state index in [1.54, 1.807) is 12.1 Å². The lowest BCUT2D eigenvalue weighted by Gasteiger charge is -2.21. The molecule has 0 aliphatic rings. The Morgan fingerprint density at radius 3 is 2.67 bits per heavy atom. The van der Waals surface area contributed by atoms with Gasteiger partial charge >= 0.3 is 0 Å². The zero-order valence-corrected chi connectivity index (χ0v) is 10.4. The van der Waals surface area contributed by atoms with Crippen LogP contribution in [0.1, 0.15) is 11.1 Å². The lowest BCUT2D eigenvalue weighted by Crippen LogP contribution is -2.31. The molecule has 0 unspecified atom stereocenters. The van der Waals surface area contributed by atoms with Crippen LogP contribution in [0.15, 0.2) is 18.2 Å². The second-order valence-electron chi connectivity index (χ2n) is 3.77. The summed E-state index contributed by atoms with van der Waals surface area (Å²) in [6.07, 6.45) is -2.46. The highest BCUT2D eigenvalue weighted by atomic mass is 35.5. The number of hydrogen-bond donors (Lipinski definition) is 1. The minimum Gasteiger partial charge on any atom is -0.395 e. The monoisotopic (exact) mass is 274 g/mol. The summed E-state index contributed by atoms with van der Waals surface area (Å²) < 4.78 is 24.7. The number of aliphatic hydroxyl groups is 1. The third-order valence-electron chi connectivity index (χ3n) is 2.39. The third kappa shape index (κ3) is 4.57. The Morgan fingerprint density at radius 1 is 1.44 bits per heavy atom. The summed E-state index contributed by atoms with van der Waals surface area (Å²) in [5.74, 6) is 0. The van der Waals surface area contributed by atoms with Gasteiger partial charge in [-0.25, -0.2) is 8.78 Å². The maximum Gasteiger partial charge on any atom is 0.251 e. The van der Waals surface area contributed by atoms with Crippen LogP contribution in [0.2, 0.25) is 5.02 Å². The number of rotatable bonds is 6. The quantitative estimate of drug-likeness (QED) is 0.866. The molecule has 0 saturated heterocycles. The second-order valence-corrected chi connectivity index (χ2v) is 4.17. The molecule has 0 aliphatic carbocycles. The van der Waals surface area contributed by atoms with Crippen LogP contribution in [-0.2, 0) is 6.54 Å². The fourth-order valence-electron chi connectivity index (χ4n) is 1.56. The minimum atomic E-state index is -2.46. The fraction of sp³-hybridized carbons (Fsp3) is 0.417.